The fraction of sp³-hybridized carbons (Fsp3) is 0.263. The number of nitro benzene ring substituents is 1. The van der Waals surface area contributed by atoms with Gasteiger partial charge in [-0.15, -0.1) is 5.11 Å². The van der Waals surface area contributed by atoms with E-state index in [1.807, 2.05) is 0 Å². The number of nitriles is 1. The molecule has 2 aromatic carbocycles. The molecule has 0 saturated heterocycles. The van der Waals surface area contributed by atoms with Gasteiger partial charge in [-0.25, -0.2) is 0 Å². The Labute approximate surface area is 182 Å². The molecule has 0 aliphatic carbocycles. The summed E-state index contributed by atoms with van der Waals surface area (Å²) >= 11 is 12.0. The smallest absolute Gasteiger partial charge is 0.304 e. The summed E-state index contributed by atoms with van der Waals surface area (Å²) in [6, 6.07) is 10.5. The van der Waals surface area contributed by atoms with Gasteiger partial charge in [-0.3, -0.25) is 14.9 Å². The van der Waals surface area contributed by atoms with E-state index in [4.69, 9.17) is 27.9 Å². The number of carbonyl (C=O) groups excluding carboxylic acids is 1. The van der Waals surface area contributed by atoms with Crippen molar-refractivity contribution in [1.82, 2.24) is 0 Å². The topological polar surface area (TPSA) is 121 Å². The Hall–Kier alpha value is -3.22. The molecule has 11 heteroatoms. The van der Waals surface area contributed by atoms with E-state index in [9.17, 15) is 20.2 Å². The van der Waals surface area contributed by atoms with E-state index in [0.29, 0.717) is 11.4 Å². The summed E-state index contributed by atoms with van der Waals surface area (Å²) in [5, 5.41) is 28.2. The zero-order chi connectivity index (χ0) is 22.4. The van der Waals surface area contributed by atoms with E-state index in [1.54, 1.807) is 43.0 Å². The number of nitrogens with zero attached hydrogens (tertiary/aromatic N) is 5. The molecule has 0 aromatic heterocycles. The van der Waals surface area contributed by atoms with E-state index in [2.05, 4.69) is 16.3 Å². The molecular formula is C19H17Cl2N5O4. The van der Waals surface area contributed by atoms with Crippen LogP contribution in [0.1, 0.15) is 20.8 Å². The van der Waals surface area contributed by atoms with Crippen LogP contribution < -0.4 is 4.90 Å². The third kappa shape index (κ3) is 5.65. The van der Waals surface area contributed by atoms with Gasteiger partial charge in [0.2, 0.25) is 0 Å². The van der Waals surface area contributed by atoms with Gasteiger partial charge in [0, 0.05) is 24.7 Å². The molecule has 0 saturated carbocycles. The minimum absolute atomic E-state index is 0.00111. The van der Waals surface area contributed by atoms with Crippen LogP contribution in [-0.2, 0) is 9.53 Å². The summed E-state index contributed by atoms with van der Waals surface area (Å²) in [5.74, 6) is -0.458. The third-order valence-electron chi connectivity index (χ3n) is 3.96. The molecule has 0 aliphatic rings. The number of ether oxygens (including phenoxy) is 1. The number of benzene rings is 2. The van der Waals surface area contributed by atoms with Gasteiger partial charge in [0.1, 0.15) is 11.7 Å². The molecule has 2 atom stereocenters. The zero-order valence-corrected chi connectivity index (χ0v) is 17.8. The summed E-state index contributed by atoms with van der Waals surface area (Å²) in [6.07, 6.45) is -0.651. The van der Waals surface area contributed by atoms with E-state index < -0.39 is 23.2 Å². The lowest BCUT2D eigenvalue weighted by molar-refractivity contribution is -0.384. The molecule has 9 nitrogen and oxygen atoms in total. The summed E-state index contributed by atoms with van der Waals surface area (Å²) in [7, 11) is 0. The van der Waals surface area contributed by atoms with Crippen LogP contribution in [0.25, 0.3) is 0 Å². The molecule has 2 aromatic rings. The van der Waals surface area contributed by atoms with Crippen molar-refractivity contribution < 1.29 is 14.5 Å². The highest BCUT2D eigenvalue weighted by Crippen LogP contribution is 2.38. The predicted molar refractivity (Wildman–Crippen MR) is 113 cm³/mol. The largest absolute Gasteiger partial charge is 0.442 e. The highest BCUT2D eigenvalue weighted by Gasteiger charge is 2.22. The number of carbonyl (C=O) groups is 1. The van der Waals surface area contributed by atoms with Crippen LogP contribution in [-0.4, -0.2) is 23.2 Å². The lowest BCUT2D eigenvalue weighted by atomic mass is 10.2. The zero-order valence-electron chi connectivity index (χ0n) is 16.2. The molecule has 2 rings (SSSR count). The fourth-order valence-electron chi connectivity index (χ4n) is 2.66. The third-order valence-corrected chi connectivity index (χ3v) is 4.53. The number of esters is 1. The molecule has 0 fully saturated rings. The molecule has 2 unspecified atom stereocenters. The van der Waals surface area contributed by atoms with Crippen LogP contribution in [0.15, 0.2) is 46.6 Å². The average Bonchev–Trinajstić information content (AvgIpc) is 2.67. The Morgan fingerprint density at radius 1 is 1.20 bits per heavy atom. The maximum absolute atomic E-state index is 11.3. The molecule has 0 radical (unpaired) electrons. The van der Waals surface area contributed by atoms with Gasteiger partial charge in [-0.1, -0.05) is 23.2 Å². The number of nitro groups is 1. The van der Waals surface area contributed by atoms with Crippen molar-refractivity contribution in [3.05, 3.63) is 56.6 Å². The lowest BCUT2D eigenvalue weighted by Gasteiger charge is -2.32. The Morgan fingerprint density at radius 2 is 1.77 bits per heavy atom. The molecule has 0 amide bonds. The van der Waals surface area contributed by atoms with Gasteiger partial charge >= 0.3 is 5.97 Å². The first-order chi connectivity index (χ1) is 14.1. The number of hydrogen-bond donors (Lipinski definition) is 0. The van der Waals surface area contributed by atoms with Crippen LogP contribution >= 0.6 is 23.2 Å². The molecule has 0 N–H and O–H groups in total. The van der Waals surface area contributed by atoms with Gasteiger partial charge in [0.15, 0.2) is 6.23 Å². The molecular weight excluding hydrogens is 433 g/mol. The van der Waals surface area contributed by atoms with Crippen LogP contribution in [0.2, 0.25) is 10.0 Å². The van der Waals surface area contributed by atoms with E-state index in [1.165, 1.54) is 6.92 Å². The number of non-ortho nitro benzene ring substituents is 1. The van der Waals surface area contributed by atoms with Crippen molar-refractivity contribution in [3.8, 4) is 6.07 Å². The highest BCUT2D eigenvalue weighted by molar-refractivity contribution is 6.39. The molecule has 0 spiro atoms. The minimum Gasteiger partial charge on any atom is -0.442 e. The van der Waals surface area contributed by atoms with Crippen molar-refractivity contribution in [2.24, 2.45) is 10.2 Å². The first-order valence-corrected chi connectivity index (χ1v) is 9.40. The van der Waals surface area contributed by atoms with Crippen LogP contribution in [0, 0.1) is 21.4 Å². The Kier molecular flexibility index (Phi) is 7.69. The van der Waals surface area contributed by atoms with E-state index in [0.717, 1.165) is 12.1 Å². The number of anilines is 1. The van der Waals surface area contributed by atoms with Crippen molar-refractivity contribution in [2.45, 2.75) is 33.0 Å². The maximum Gasteiger partial charge on any atom is 0.304 e. The highest BCUT2D eigenvalue weighted by atomic mass is 35.5. The van der Waals surface area contributed by atoms with Crippen LogP contribution in [0.3, 0.4) is 0 Å². The van der Waals surface area contributed by atoms with Crippen molar-refractivity contribution in [3.63, 3.8) is 0 Å². The lowest BCUT2D eigenvalue weighted by Crippen LogP contribution is -2.42. The number of azo groups is 1. The predicted octanol–water partition coefficient (Wildman–Crippen LogP) is 5.94. The molecule has 0 aliphatic heterocycles. The minimum atomic E-state index is -0.651. The molecule has 30 heavy (non-hydrogen) atoms. The van der Waals surface area contributed by atoms with Crippen molar-refractivity contribution >= 4 is 51.9 Å². The second-order valence-electron chi connectivity index (χ2n) is 6.15. The number of halogens is 2. The number of hydrogen-bond acceptors (Lipinski definition) is 8. The van der Waals surface area contributed by atoms with Gasteiger partial charge in [-0.2, -0.15) is 10.4 Å². The quantitative estimate of drug-likeness (QED) is 0.169. The number of rotatable bonds is 7. The standard InChI is InChI=1S/C19H17Cl2N5O4/c1-11(10-22)25(12(2)30-13(3)27)15-6-4-14(5-7-15)23-24-19-17(20)8-16(26(28)29)9-18(19)21/h4-9,11-12H,1-3H3. The first-order valence-electron chi connectivity index (χ1n) is 8.64. The van der Waals surface area contributed by atoms with Crippen molar-refractivity contribution in [1.29, 1.82) is 5.26 Å². The van der Waals surface area contributed by atoms with Crippen LogP contribution in [0.4, 0.5) is 22.7 Å². The van der Waals surface area contributed by atoms with Crippen LogP contribution in [0.5, 0.6) is 0 Å². The fourth-order valence-corrected chi connectivity index (χ4v) is 3.21. The maximum atomic E-state index is 11.3. The van der Waals surface area contributed by atoms with Gasteiger partial charge in [0.25, 0.3) is 5.69 Å². The summed E-state index contributed by atoms with van der Waals surface area (Å²) < 4.78 is 5.19. The Bertz CT molecular complexity index is 998. The first kappa shape index (κ1) is 23.1. The Morgan fingerprint density at radius 3 is 2.23 bits per heavy atom. The van der Waals surface area contributed by atoms with E-state index in [-0.39, 0.29) is 21.4 Å². The van der Waals surface area contributed by atoms with Gasteiger partial charge < -0.3 is 9.64 Å². The monoisotopic (exact) mass is 449 g/mol. The SMILES string of the molecule is CC(=O)OC(C)N(c1ccc(N=Nc2c(Cl)cc([N+](=O)[O-])cc2Cl)cc1)C(C)C#N. The molecule has 156 valence electrons. The summed E-state index contributed by atoms with van der Waals surface area (Å²) in [4.78, 5) is 23.1. The average molecular weight is 450 g/mol. The van der Waals surface area contributed by atoms with Gasteiger partial charge in [-0.05, 0) is 38.1 Å². The normalized spacial score (nSPS) is 12.8. The summed E-state index contributed by atoms with van der Waals surface area (Å²) in [5.41, 5.74) is 0.954. The molecule has 0 bridgehead atoms. The van der Waals surface area contributed by atoms with Crippen molar-refractivity contribution in [2.75, 3.05) is 4.90 Å². The summed E-state index contributed by atoms with van der Waals surface area (Å²) in [6.45, 7) is 4.65. The second kappa shape index (κ2) is 10.0. The molecule has 0 heterocycles. The van der Waals surface area contributed by atoms with E-state index >= 15 is 0 Å². The second-order valence-corrected chi connectivity index (χ2v) is 6.97. The Balaban J connectivity index is 2.28. The van der Waals surface area contributed by atoms with Gasteiger partial charge in [0.05, 0.1) is 26.7 Å².